The van der Waals surface area contributed by atoms with Crippen molar-refractivity contribution in [1.29, 1.82) is 0 Å². The molecule has 0 spiro atoms. The van der Waals surface area contributed by atoms with Crippen LogP contribution in [0.25, 0.3) is 0 Å². The van der Waals surface area contributed by atoms with Gasteiger partial charge in [0.1, 0.15) is 5.75 Å². The molecule has 0 saturated heterocycles. The van der Waals surface area contributed by atoms with Gasteiger partial charge in [0.15, 0.2) is 23.1 Å². The quantitative estimate of drug-likeness (QED) is 0.122. The zero-order chi connectivity index (χ0) is 21.4. The summed E-state index contributed by atoms with van der Waals surface area (Å²) in [5.74, 6) is -12.4. The minimum Gasteiger partial charge on any atom is -0.480 e. The maximum absolute atomic E-state index is 13.9. The van der Waals surface area contributed by atoms with Crippen molar-refractivity contribution >= 4 is 83.9 Å². The molecule has 0 saturated carbocycles. The van der Waals surface area contributed by atoms with E-state index >= 15 is 0 Å². The van der Waals surface area contributed by atoms with Crippen LogP contribution in [-0.4, -0.2) is 25.5 Å². The van der Waals surface area contributed by atoms with Crippen molar-refractivity contribution in [1.82, 2.24) is 0 Å². The second-order valence-corrected chi connectivity index (χ2v) is 9.78. The van der Waals surface area contributed by atoms with Gasteiger partial charge < -0.3 is 9.47 Å². The third-order valence-electron chi connectivity index (χ3n) is 2.95. The van der Waals surface area contributed by atoms with Gasteiger partial charge in [-0.15, -0.1) is 0 Å². The van der Waals surface area contributed by atoms with Gasteiger partial charge >= 0.3 is 16.1 Å². The molecule has 0 fully saturated rings. The fourth-order valence-corrected chi connectivity index (χ4v) is 6.37. The van der Waals surface area contributed by atoms with E-state index in [4.69, 9.17) is 9.29 Å². The average molecular weight is 758 g/mol. The molecule has 1 N–H and O–H groups in total. The van der Waals surface area contributed by atoms with Crippen LogP contribution in [0.5, 0.6) is 11.5 Å². The van der Waals surface area contributed by atoms with Gasteiger partial charge in [0.2, 0.25) is 17.4 Å². The van der Waals surface area contributed by atoms with Gasteiger partial charge in [0.25, 0.3) is 0 Å². The molecule has 0 atom stereocenters. The summed E-state index contributed by atoms with van der Waals surface area (Å²) in [5.41, 5.74) is 0. The summed E-state index contributed by atoms with van der Waals surface area (Å²) in [6.07, 6.45) is 0. The molecule has 2 rings (SSSR count). The molecule has 0 aliphatic carbocycles. The molecule has 28 heavy (non-hydrogen) atoms. The first-order valence-corrected chi connectivity index (χ1v) is 11.3. The molecule has 0 heterocycles. The smallest absolute Gasteiger partial charge is 0.349 e. The summed E-state index contributed by atoms with van der Waals surface area (Å²) in [6, 6.07) is 3.45. The van der Waals surface area contributed by atoms with E-state index < -0.39 is 56.6 Å². The van der Waals surface area contributed by atoms with Crippen LogP contribution < -0.4 is 9.47 Å². The van der Waals surface area contributed by atoms with E-state index in [9.17, 15) is 30.8 Å². The largest absolute Gasteiger partial charge is 0.480 e. The van der Waals surface area contributed by atoms with Gasteiger partial charge in [-0.05, 0) is 79.9 Å². The first-order valence-electron chi connectivity index (χ1n) is 6.66. The number of hydrogen-bond acceptors (Lipinski definition) is 5. The summed E-state index contributed by atoms with van der Waals surface area (Å²) in [5, 5.41) is 0. The Bertz CT molecular complexity index is 1030. The van der Waals surface area contributed by atoms with E-state index in [0.717, 1.165) is 3.57 Å². The number of hydrogen-bond donors (Lipinski definition) is 1. The fraction of sp³-hybridized carbons (Fsp3) is 0.0714. The highest BCUT2D eigenvalue weighted by atomic mass is 127. The third kappa shape index (κ3) is 5.17. The van der Waals surface area contributed by atoms with Gasteiger partial charge in [0, 0.05) is 3.57 Å². The highest BCUT2D eigenvalue weighted by molar-refractivity contribution is 14.1. The van der Waals surface area contributed by atoms with Crippen LogP contribution in [0.2, 0.25) is 0 Å². The van der Waals surface area contributed by atoms with E-state index in [1.807, 2.05) is 45.2 Å². The summed E-state index contributed by atoms with van der Waals surface area (Å²) in [7, 11) is -5.61. The second kappa shape index (κ2) is 9.13. The average Bonchev–Trinajstić information content (AvgIpc) is 2.55. The van der Waals surface area contributed by atoms with Gasteiger partial charge in [-0.25, -0.2) is 13.6 Å². The molecule has 0 amide bonds. The van der Waals surface area contributed by atoms with Crippen LogP contribution in [0.1, 0.15) is 0 Å². The molecular formula is C14H5F4I3O6S. The lowest BCUT2D eigenvalue weighted by atomic mass is 10.3. The molecule has 0 aromatic heterocycles. The SMILES string of the molecule is O=C(COc1c(I)cc(I)cc1I)Oc1c(F)c(F)c(S(=O)(=O)O)c(F)c1F. The van der Waals surface area contributed by atoms with Gasteiger partial charge in [0.05, 0.1) is 7.14 Å². The summed E-state index contributed by atoms with van der Waals surface area (Å²) >= 11 is 5.91. The lowest BCUT2D eigenvalue weighted by Crippen LogP contribution is -2.21. The lowest BCUT2D eigenvalue weighted by molar-refractivity contribution is -0.137. The van der Waals surface area contributed by atoms with E-state index in [1.165, 1.54) is 0 Å². The Kier molecular flexibility index (Phi) is 7.76. The van der Waals surface area contributed by atoms with Crippen LogP contribution in [0, 0.1) is 34.0 Å². The van der Waals surface area contributed by atoms with Crippen molar-refractivity contribution in [2.75, 3.05) is 6.61 Å². The normalized spacial score (nSPS) is 11.4. The van der Waals surface area contributed by atoms with Crippen molar-refractivity contribution in [3.8, 4) is 11.5 Å². The number of carbonyl (C=O) groups is 1. The number of halogens is 7. The molecule has 0 aliphatic rings. The zero-order valence-corrected chi connectivity index (χ0v) is 20.2. The van der Waals surface area contributed by atoms with Crippen LogP contribution in [0.15, 0.2) is 17.0 Å². The first-order chi connectivity index (χ1) is 12.8. The molecule has 0 bridgehead atoms. The Morgan fingerprint density at radius 3 is 1.82 bits per heavy atom. The Morgan fingerprint density at radius 1 is 0.929 bits per heavy atom. The molecule has 0 radical (unpaired) electrons. The topological polar surface area (TPSA) is 89.9 Å². The monoisotopic (exact) mass is 758 g/mol. The molecule has 2 aromatic rings. The molecule has 152 valence electrons. The Hall–Kier alpha value is -0.470. The minimum absolute atomic E-state index is 0.276. The predicted octanol–water partition coefficient (Wildman–Crippen LogP) is 4.29. The molecule has 14 heteroatoms. The summed E-state index contributed by atoms with van der Waals surface area (Å²) in [4.78, 5) is 9.55. The fourth-order valence-electron chi connectivity index (χ4n) is 1.85. The standard InChI is InChI=1S/C14H5F4I3O6S/c15-8-10(17)14(28(23,24)25)11(18)9(16)13(8)27-7(22)3-26-12-5(20)1-4(19)2-6(12)21/h1-2H,3H2,(H,23,24,25). The first kappa shape index (κ1) is 23.8. The van der Waals surface area contributed by atoms with E-state index in [2.05, 4.69) is 27.3 Å². The van der Waals surface area contributed by atoms with Crippen molar-refractivity contribution in [2.45, 2.75) is 4.90 Å². The molecule has 6 nitrogen and oxygen atoms in total. The Morgan fingerprint density at radius 2 is 1.39 bits per heavy atom. The highest BCUT2D eigenvalue weighted by Gasteiger charge is 2.34. The Balaban J connectivity index is 2.28. The molecular weight excluding hydrogens is 753 g/mol. The maximum Gasteiger partial charge on any atom is 0.349 e. The Labute approximate surface area is 196 Å². The maximum atomic E-state index is 13.9. The summed E-state index contributed by atoms with van der Waals surface area (Å²) < 4.78 is 97.1. The van der Waals surface area contributed by atoms with Crippen molar-refractivity contribution in [3.63, 3.8) is 0 Å². The summed E-state index contributed by atoms with van der Waals surface area (Å²) in [6.45, 7) is -0.866. The van der Waals surface area contributed by atoms with Crippen LogP contribution in [0.3, 0.4) is 0 Å². The predicted molar refractivity (Wildman–Crippen MR) is 112 cm³/mol. The minimum atomic E-state index is -5.61. The van der Waals surface area contributed by atoms with Gasteiger partial charge in [-0.2, -0.15) is 17.2 Å². The number of rotatable bonds is 5. The number of benzene rings is 2. The van der Waals surface area contributed by atoms with Crippen molar-refractivity contribution < 1.29 is 44.8 Å². The highest BCUT2D eigenvalue weighted by Crippen LogP contribution is 2.33. The van der Waals surface area contributed by atoms with E-state index in [0.29, 0.717) is 7.14 Å². The van der Waals surface area contributed by atoms with E-state index in [1.54, 1.807) is 12.1 Å². The van der Waals surface area contributed by atoms with Crippen LogP contribution in [-0.2, 0) is 14.9 Å². The van der Waals surface area contributed by atoms with E-state index in [-0.39, 0.29) is 5.75 Å². The number of esters is 1. The van der Waals surface area contributed by atoms with Crippen LogP contribution in [0.4, 0.5) is 17.6 Å². The van der Waals surface area contributed by atoms with Gasteiger partial charge in [-0.1, -0.05) is 0 Å². The second-order valence-electron chi connectivity index (χ2n) is 4.85. The lowest BCUT2D eigenvalue weighted by Gasteiger charge is -2.12. The molecule has 0 unspecified atom stereocenters. The zero-order valence-electron chi connectivity index (χ0n) is 12.9. The van der Waals surface area contributed by atoms with Crippen LogP contribution >= 0.6 is 67.8 Å². The molecule has 2 aromatic carbocycles. The number of carbonyl (C=O) groups excluding carboxylic acids is 1. The van der Waals surface area contributed by atoms with Gasteiger partial charge in [-0.3, -0.25) is 4.55 Å². The third-order valence-corrected chi connectivity index (χ3v) is 6.05. The van der Waals surface area contributed by atoms with Crippen molar-refractivity contribution in [3.05, 3.63) is 46.1 Å². The molecule has 0 aliphatic heterocycles. The number of ether oxygens (including phenoxy) is 2. The van der Waals surface area contributed by atoms with Crippen molar-refractivity contribution in [2.24, 2.45) is 0 Å².